The summed E-state index contributed by atoms with van der Waals surface area (Å²) in [5.74, 6) is -0.725. The number of benzene rings is 2. The third-order valence-electron chi connectivity index (χ3n) is 4.50. The smallest absolute Gasteiger partial charge is 0.337 e. The van der Waals surface area contributed by atoms with Gasteiger partial charge in [0.05, 0.1) is 11.6 Å². The van der Waals surface area contributed by atoms with Gasteiger partial charge in [0.15, 0.2) is 0 Å². The zero-order valence-electron chi connectivity index (χ0n) is 15.6. The van der Waals surface area contributed by atoms with Gasteiger partial charge in [-0.25, -0.2) is 4.39 Å². The number of rotatable bonds is 5. The van der Waals surface area contributed by atoms with Crippen molar-refractivity contribution in [2.24, 2.45) is 0 Å². The average Bonchev–Trinajstić information content (AvgIpc) is 3.15. The van der Waals surface area contributed by atoms with Crippen LogP contribution in [0.15, 0.2) is 48.5 Å². The molecule has 1 heterocycles. The van der Waals surface area contributed by atoms with Gasteiger partial charge >= 0.3 is 6.18 Å². The Hall–Kier alpha value is -3.30. The van der Waals surface area contributed by atoms with E-state index in [1.165, 1.54) is 29.2 Å². The van der Waals surface area contributed by atoms with Crippen molar-refractivity contribution in [2.75, 3.05) is 7.05 Å². The van der Waals surface area contributed by atoms with Crippen molar-refractivity contribution in [3.8, 4) is 11.4 Å². The van der Waals surface area contributed by atoms with Crippen molar-refractivity contribution < 1.29 is 22.4 Å². The van der Waals surface area contributed by atoms with Gasteiger partial charge in [0.25, 0.3) is 0 Å². The lowest BCUT2D eigenvalue weighted by atomic mass is 10.1. The highest BCUT2D eigenvalue weighted by Gasteiger charge is 2.30. The van der Waals surface area contributed by atoms with Gasteiger partial charge in [-0.15, -0.1) is 10.2 Å². The van der Waals surface area contributed by atoms with Crippen molar-refractivity contribution in [3.63, 3.8) is 0 Å². The second kappa shape index (κ2) is 7.98. The van der Waals surface area contributed by atoms with E-state index in [0.717, 1.165) is 22.5 Å². The topological polar surface area (TPSA) is 63.9 Å². The monoisotopic (exact) mass is 407 g/mol. The second-order valence-electron chi connectivity index (χ2n) is 6.45. The minimum absolute atomic E-state index is 0.0156. The van der Waals surface area contributed by atoms with Gasteiger partial charge in [0, 0.05) is 12.6 Å². The predicted molar refractivity (Wildman–Crippen MR) is 95.8 cm³/mol. The van der Waals surface area contributed by atoms with Crippen molar-refractivity contribution >= 4 is 5.91 Å². The maximum absolute atomic E-state index is 13.1. The first-order chi connectivity index (χ1) is 13.6. The molecular formula is C19H17F4N5O. The van der Waals surface area contributed by atoms with Crippen LogP contribution in [0.1, 0.15) is 24.1 Å². The number of halogens is 4. The third kappa shape index (κ3) is 4.76. The van der Waals surface area contributed by atoms with Crippen LogP contribution in [0.5, 0.6) is 0 Å². The number of alkyl halides is 3. The summed E-state index contributed by atoms with van der Waals surface area (Å²) in [5, 5.41) is 11.5. The Morgan fingerprint density at radius 3 is 2.52 bits per heavy atom. The molecule has 1 atom stereocenters. The molecule has 0 spiro atoms. The van der Waals surface area contributed by atoms with E-state index in [0.29, 0.717) is 0 Å². The van der Waals surface area contributed by atoms with Crippen LogP contribution < -0.4 is 0 Å². The molecule has 0 saturated carbocycles. The molecule has 10 heteroatoms. The third-order valence-corrected chi connectivity index (χ3v) is 4.50. The van der Waals surface area contributed by atoms with Gasteiger partial charge in [-0.05, 0) is 42.0 Å². The summed E-state index contributed by atoms with van der Waals surface area (Å²) in [6.07, 6.45) is -4.48. The van der Waals surface area contributed by atoms with Crippen LogP contribution >= 0.6 is 0 Å². The van der Waals surface area contributed by atoms with E-state index < -0.39 is 11.7 Å². The molecule has 0 bridgehead atoms. The Morgan fingerprint density at radius 1 is 1.17 bits per heavy atom. The molecule has 29 heavy (non-hydrogen) atoms. The Bertz CT molecular complexity index is 1000. The van der Waals surface area contributed by atoms with E-state index in [4.69, 9.17) is 0 Å². The molecule has 3 rings (SSSR count). The number of carbonyl (C=O) groups excluding carboxylic acids is 1. The number of hydrogen-bond acceptors (Lipinski definition) is 4. The van der Waals surface area contributed by atoms with Gasteiger partial charge in [-0.1, -0.05) is 24.3 Å². The number of likely N-dealkylation sites (N-methyl/N-ethyl adjacent to an activating group) is 1. The van der Waals surface area contributed by atoms with Crippen molar-refractivity contribution in [2.45, 2.75) is 25.7 Å². The molecule has 0 aliphatic rings. The summed E-state index contributed by atoms with van der Waals surface area (Å²) in [7, 11) is 1.58. The Kier molecular flexibility index (Phi) is 5.62. The van der Waals surface area contributed by atoms with E-state index in [2.05, 4.69) is 15.4 Å². The normalized spacial score (nSPS) is 12.6. The maximum Gasteiger partial charge on any atom is 0.416 e. The molecule has 6 nitrogen and oxygen atoms in total. The van der Waals surface area contributed by atoms with E-state index >= 15 is 0 Å². The molecule has 0 fully saturated rings. The van der Waals surface area contributed by atoms with Crippen molar-refractivity contribution in [3.05, 3.63) is 65.5 Å². The second-order valence-corrected chi connectivity index (χ2v) is 6.45. The van der Waals surface area contributed by atoms with Crippen LogP contribution in [0.2, 0.25) is 0 Å². The minimum atomic E-state index is -4.48. The fourth-order valence-corrected chi connectivity index (χ4v) is 2.67. The lowest BCUT2D eigenvalue weighted by Crippen LogP contribution is -2.33. The minimum Gasteiger partial charge on any atom is -0.337 e. The van der Waals surface area contributed by atoms with Crippen LogP contribution in [0.3, 0.4) is 0 Å². The van der Waals surface area contributed by atoms with Crippen LogP contribution in [-0.4, -0.2) is 38.1 Å². The molecule has 1 aromatic heterocycles. The fraction of sp³-hybridized carbons (Fsp3) is 0.263. The lowest BCUT2D eigenvalue weighted by Gasteiger charge is -2.25. The highest BCUT2D eigenvalue weighted by Crippen LogP contribution is 2.31. The van der Waals surface area contributed by atoms with E-state index in [-0.39, 0.29) is 35.7 Å². The van der Waals surface area contributed by atoms with Crippen LogP contribution in [0.25, 0.3) is 11.4 Å². The molecule has 1 unspecified atom stereocenters. The number of tetrazole rings is 1. The Balaban J connectivity index is 1.71. The number of aromatic nitrogens is 4. The molecule has 3 aromatic rings. The van der Waals surface area contributed by atoms with E-state index in [1.54, 1.807) is 26.1 Å². The number of amides is 1. The first-order valence-electron chi connectivity index (χ1n) is 8.61. The summed E-state index contributed by atoms with van der Waals surface area (Å²) in [5.41, 5.74) is 0.0697. The predicted octanol–water partition coefficient (Wildman–Crippen LogP) is 3.72. The summed E-state index contributed by atoms with van der Waals surface area (Å²) < 4.78 is 51.6. The molecule has 0 aliphatic carbocycles. The molecule has 0 N–H and O–H groups in total. The van der Waals surface area contributed by atoms with Crippen molar-refractivity contribution in [1.29, 1.82) is 0 Å². The number of carbonyl (C=O) groups is 1. The molecule has 0 saturated heterocycles. The zero-order chi connectivity index (χ0) is 21.2. The Labute approximate surface area is 163 Å². The van der Waals surface area contributed by atoms with Crippen LogP contribution in [-0.2, 0) is 17.5 Å². The average molecular weight is 407 g/mol. The number of hydrogen-bond donors (Lipinski definition) is 0. The quantitative estimate of drug-likeness (QED) is 0.605. The molecular weight excluding hydrogens is 390 g/mol. The maximum atomic E-state index is 13.1. The zero-order valence-corrected chi connectivity index (χ0v) is 15.6. The van der Waals surface area contributed by atoms with Crippen molar-refractivity contribution in [1.82, 2.24) is 25.1 Å². The van der Waals surface area contributed by atoms with Crippen LogP contribution in [0.4, 0.5) is 17.6 Å². The van der Waals surface area contributed by atoms with Gasteiger partial charge in [0.2, 0.25) is 11.7 Å². The largest absolute Gasteiger partial charge is 0.416 e. The summed E-state index contributed by atoms with van der Waals surface area (Å²) in [6.45, 7) is 1.54. The SMILES string of the molecule is CC(c1ccc(F)cc1)N(C)C(=O)Cn1nnc(-c2cccc(C(F)(F)F)c2)n1. The first kappa shape index (κ1) is 20.4. The van der Waals surface area contributed by atoms with Gasteiger partial charge in [0.1, 0.15) is 12.4 Å². The van der Waals surface area contributed by atoms with E-state index in [1.807, 2.05) is 0 Å². The first-order valence-corrected chi connectivity index (χ1v) is 8.61. The standard InChI is InChI=1S/C19H17F4N5O/c1-12(13-6-8-16(20)9-7-13)27(2)17(29)11-28-25-18(24-26-28)14-4-3-5-15(10-14)19(21,22)23/h3-10,12H,11H2,1-2H3. The highest BCUT2D eigenvalue weighted by molar-refractivity contribution is 5.76. The highest BCUT2D eigenvalue weighted by atomic mass is 19.4. The van der Waals surface area contributed by atoms with Crippen LogP contribution in [0, 0.1) is 5.82 Å². The lowest BCUT2D eigenvalue weighted by molar-refractivity contribution is -0.137. The summed E-state index contributed by atoms with van der Waals surface area (Å²) in [4.78, 5) is 15.0. The molecule has 2 aromatic carbocycles. The molecule has 0 aliphatic heterocycles. The Morgan fingerprint density at radius 2 is 1.86 bits per heavy atom. The number of nitrogens with zero attached hydrogens (tertiary/aromatic N) is 5. The summed E-state index contributed by atoms with van der Waals surface area (Å²) >= 11 is 0. The van der Waals surface area contributed by atoms with Gasteiger partial charge in [-0.3, -0.25) is 4.79 Å². The molecule has 152 valence electrons. The van der Waals surface area contributed by atoms with Gasteiger partial charge in [-0.2, -0.15) is 18.0 Å². The fourth-order valence-electron chi connectivity index (χ4n) is 2.67. The molecule has 0 radical (unpaired) electrons. The van der Waals surface area contributed by atoms with E-state index in [9.17, 15) is 22.4 Å². The van der Waals surface area contributed by atoms with Gasteiger partial charge < -0.3 is 4.90 Å². The summed E-state index contributed by atoms with van der Waals surface area (Å²) in [6, 6.07) is 10.0. The molecule has 1 amide bonds.